The molecule has 432 valence electrons. The van der Waals surface area contributed by atoms with Crippen LogP contribution in [0, 0.1) is 17.2 Å². The number of rotatable bonds is 24. The van der Waals surface area contributed by atoms with Crippen molar-refractivity contribution < 1.29 is 60.8 Å². The van der Waals surface area contributed by atoms with Gasteiger partial charge in [-0.25, -0.2) is 15.0 Å². The van der Waals surface area contributed by atoms with Crippen LogP contribution in [0.1, 0.15) is 72.6 Å². The molecule has 2 amide bonds. The molecule has 6 heterocycles. The number of aromatic amines is 1. The summed E-state index contributed by atoms with van der Waals surface area (Å²) in [5.74, 6) is 0.181. The number of carbonyl (C=O) groups excluding carboxylic acids is 2. The van der Waals surface area contributed by atoms with Crippen LogP contribution in [0.4, 0.5) is 11.8 Å². The van der Waals surface area contributed by atoms with Crippen molar-refractivity contribution in [1.29, 1.82) is 5.26 Å². The normalized spacial score (nSPS) is 20.0. The lowest BCUT2D eigenvalue weighted by molar-refractivity contribution is -0.118. The third-order valence-corrected chi connectivity index (χ3v) is 16.8. The summed E-state index contributed by atoms with van der Waals surface area (Å²) in [6.07, 6.45) is -1.51. The van der Waals surface area contributed by atoms with Gasteiger partial charge in [-0.2, -0.15) is 10.2 Å². The number of aromatic nitrogens is 7. The zero-order valence-electron chi connectivity index (χ0n) is 45.2. The second kappa shape index (κ2) is 25.9. The molecule has 8 aromatic rings. The fourth-order valence-electron chi connectivity index (χ4n) is 9.86. The molecule has 8 atom stereocenters. The van der Waals surface area contributed by atoms with Crippen molar-refractivity contribution in [2.24, 2.45) is 5.92 Å². The van der Waals surface area contributed by atoms with E-state index in [1.807, 2.05) is 84.9 Å². The Balaban J connectivity index is 0.986. The molecule has 2 fully saturated rings. The fraction of sp³-hybridized carbons (Fsp3) is 0.321. The molecule has 2 saturated heterocycles. The van der Waals surface area contributed by atoms with Crippen molar-refractivity contribution in [3.8, 4) is 17.6 Å². The summed E-state index contributed by atoms with van der Waals surface area (Å²) in [7, 11) is -0.396. The van der Waals surface area contributed by atoms with E-state index in [1.165, 1.54) is 17.2 Å². The van der Waals surface area contributed by atoms with E-state index >= 15 is 0 Å². The van der Waals surface area contributed by atoms with E-state index < -0.39 is 74.8 Å². The van der Waals surface area contributed by atoms with Crippen molar-refractivity contribution in [3.05, 3.63) is 167 Å². The maximum atomic E-state index is 13.4. The zero-order valence-corrected chi connectivity index (χ0v) is 47.9. The summed E-state index contributed by atoms with van der Waals surface area (Å²) >= 11 is 6.22. The number of fused-ring (bicyclic) bond motifs is 2. The van der Waals surface area contributed by atoms with E-state index in [9.17, 15) is 29.1 Å². The van der Waals surface area contributed by atoms with Crippen molar-refractivity contribution in [2.75, 3.05) is 44.7 Å². The van der Waals surface area contributed by atoms with E-state index in [0.717, 1.165) is 16.7 Å². The van der Waals surface area contributed by atoms with Gasteiger partial charge in [0, 0.05) is 30.5 Å². The molecule has 27 heteroatoms. The summed E-state index contributed by atoms with van der Waals surface area (Å²) in [4.78, 5) is 69.4. The van der Waals surface area contributed by atoms with Gasteiger partial charge in [0.05, 0.1) is 70.5 Å². The molecule has 2 aliphatic rings. The number of imidazole rings is 1. The Morgan fingerprint density at radius 1 is 0.855 bits per heavy atom. The topological polar surface area (TPSA) is 297 Å². The first-order valence-electron chi connectivity index (χ1n) is 26.3. The second-order valence-electron chi connectivity index (χ2n) is 19.5. The number of nitrogens with one attached hydrogen (secondary N) is 3. The van der Waals surface area contributed by atoms with Crippen LogP contribution in [0.2, 0.25) is 0 Å². The SMILES string of the molecule is COc1ccc(C(OC[C@H]2O[C@@H](n3ccc4c(NC(=O)c5ccccc5)ncnc43)C[C@@H]2OP(=S)(OCCC#N)OC[C@@H]2C[C@@H](O[PH](=O)O)[C@H](n3cnc4c(=O)[nH]c(NC(=O)C(C)C)nc43)O2)(c2ccccc2)c2ccc(OC)cc2)cc1. The van der Waals surface area contributed by atoms with Crippen LogP contribution in [0.5, 0.6) is 11.5 Å². The zero-order chi connectivity index (χ0) is 58.3. The quantitative estimate of drug-likeness (QED) is 0.0251. The minimum absolute atomic E-state index is 0.00622. The van der Waals surface area contributed by atoms with Crippen molar-refractivity contribution in [3.63, 3.8) is 0 Å². The molecule has 0 bridgehead atoms. The molecule has 83 heavy (non-hydrogen) atoms. The molecular weight excluding hydrogens is 1130 g/mol. The number of hydrogen-bond acceptors (Lipinski definition) is 19. The van der Waals surface area contributed by atoms with Crippen LogP contribution < -0.4 is 25.7 Å². The Morgan fingerprint density at radius 3 is 2.18 bits per heavy atom. The highest BCUT2D eigenvalue weighted by atomic mass is 32.5. The average Bonchev–Trinajstić information content (AvgIpc) is 4.47. The van der Waals surface area contributed by atoms with Crippen LogP contribution in [-0.4, -0.2) is 109 Å². The first-order chi connectivity index (χ1) is 40.2. The van der Waals surface area contributed by atoms with Gasteiger partial charge in [-0.05, 0) is 71.0 Å². The molecule has 24 nitrogen and oxygen atoms in total. The third kappa shape index (κ3) is 13.0. The highest BCUT2D eigenvalue weighted by Crippen LogP contribution is 2.55. The number of ether oxygens (including phenoxy) is 5. The molecule has 0 spiro atoms. The summed E-state index contributed by atoms with van der Waals surface area (Å²) in [5.41, 5.74) is 1.09. The summed E-state index contributed by atoms with van der Waals surface area (Å²) < 4.78 is 72.6. The summed E-state index contributed by atoms with van der Waals surface area (Å²) in [6, 6.07) is 37.4. The number of nitrogens with zero attached hydrogens (tertiary/aromatic N) is 7. The van der Waals surface area contributed by atoms with E-state index in [2.05, 4.69) is 41.6 Å². The van der Waals surface area contributed by atoms with Crippen LogP contribution in [0.15, 0.2) is 139 Å². The van der Waals surface area contributed by atoms with Gasteiger partial charge in [-0.15, -0.1) is 0 Å². The number of anilines is 2. The van der Waals surface area contributed by atoms with Gasteiger partial charge < -0.3 is 56.6 Å². The second-order valence-corrected chi connectivity index (χ2v) is 23.2. The standard InChI is InChI=1S/C56H58N10O14P2S/c1-34(2)51(67)63-55-62-50-47(53(69)64-55)60-33-66(50)54-44(79-81(70)71)28-41(77-54)30-76-82(83,75-27-11-25-57)80-43-29-46(65-26-24-42-48(58-32-59-49(42)65)61-52(68)35-12-7-5-8-13-35)78-45(43)31-74-56(36-14-9-6-10-15-36,37-16-20-39(72-3)21-17-37)38-18-22-40(73-4)23-19-38/h5-10,12-24,26,32-34,41,43-46,54,81H,11,27-31H2,1-4H3,(H,70,71)(H,58,59,61,68)(H2,62,63,64,67,69)/t41-,43-,44+,45+,46+,54+,82?/m0/s1. The molecular formula is C56H58N10O14P2S. The Hall–Kier alpha value is -7.56. The predicted octanol–water partition coefficient (Wildman–Crippen LogP) is 8.34. The van der Waals surface area contributed by atoms with E-state index in [4.69, 9.17) is 53.6 Å². The third-order valence-electron chi connectivity index (χ3n) is 13.9. The van der Waals surface area contributed by atoms with Gasteiger partial charge >= 0.3 is 15.0 Å². The van der Waals surface area contributed by atoms with Crippen LogP contribution >= 0.6 is 15.0 Å². The molecule has 4 aromatic heterocycles. The van der Waals surface area contributed by atoms with Crippen LogP contribution in [0.25, 0.3) is 22.2 Å². The molecule has 0 radical (unpaired) electrons. The molecule has 0 saturated carbocycles. The molecule has 10 rings (SSSR count). The fourth-order valence-corrected chi connectivity index (χ4v) is 12.5. The maximum absolute atomic E-state index is 13.4. The van der Waals surface area contributed by atoms with Crippen molar-refractivity contribution in [1.82, 2.24) is 34.1 Å². The predicted molar refractivity (Wildman–Crippen MR) is 306 cm³/mol. The summed E-state index contributed by atoms with van der Waals surface area (Å²) in [6.45, 7) is -1.25. The molecule has 4 N–H and O–H groups in total. The number of hydrogen-bond donors (Lipinski definition) is 4. The Bertz CT molecular complexity index is 3710. The van der Waals surface area contributed by atoms with Crippen molar-refractivity contribution >= 4 is 72.6 Å². The van der Waals surface area contributed by atoms with Crippen LogP contribution in [-0.2, 0) is 59.1 Å². The lowest BCUT2D eigenvalue weighted by atomic mass is 9.80. The minimum Gasteiger partial charge on any atom is -0.497 e. The summed E-state index contributed by atoms with van der Waals surface area (Å²) in [5, 5.41) is 15.7. The lowest BCUT2D eigenvalue weighted by Gasteiger charge is -2.37. The number of H-pyrrole nitrogens is 1. The smallest absolute Gasteiger partial charge is 0.327 e. The molecule has 2 aliphatic heterocycles. The van der Waals surface area contributed by atoms with Gasteiger partial charge in [-0.1, -0.05) is 86.6 Å². The number of amides is 2. The van der Waals surface area contributed by atoms with E-state index in [1.54, 1.807) is 69.2 Å². The number of methoxy groups -OCH3 is 2. The molecule has 0 aliphatic carbocycles. The maximum Gasteiger partial charge on any atom is 0.327 e. The largest absolute Gasteiger partial charge is 0.497 e. The van der Waals surface area contributed by atoms with Gasteiger partial charge in [-0.3, -0.25) is 33.8 Å². The number of benzene rings is 4. The van der Waals surface area contributed by atoms with Gasteiger partial charge in [0.15, 0.2) is 17.4 Å². The Kier molecular flexibility index (Phi) is 18.3. The van der Waals surface area contributed by atoms with Crippen LogP contribution in [0.3, 0.4) is 0 Å². The number of nitriles is 1. The highest BCUT2D eigenvalue weighted by molar-refractivity contribution is 8.07. The first kappa shape index (κ1) is 58.6. The minimum atomic E-state index is -3.96. The first-order valence-corrected chi connectivity index (χ1v) is 30.1. The Labute approximate surface area is 481 Å². The van der Waals surface area contributed by atoms with Gasteiger partial charge in [0.2, 0.25) is 11.9 Å². The van der Waals surface area contributed by atoms with Gasteiger partial charge in [0.25, 0.3) is 11.5 Å². The monoisotopic (exact) mass is 1190 g/mol. The highest BCUT2D eigenvalue weighted by Gasteiger charge is 2.46. The van der Waals surface area contributed by atoms with Crippen molar-refractivity contribution in [2.45, 2.75) is 75.6 Å². The Morgan fingerprint density at radius 2 is 1.53 bits per heavy atom. The van der Waals surface area contributed by atoms with E-state index in [-0.39, 0.29) is 67.9 Å². The van der Waals surface area contributed by atoms with E-state index in [0.29, 0.717) is 28.1 Å². The number of carbonyl (C=O) groups is 2. The molecule has 4 aromatic carbocycles. The average molecular weight is 1190 g/mol. The lowest BCUT2D eigenvalue weighted by Crippen LogP contribution is -2.38. The molecule has 2 unspecified atom stereocenters. The van der Waals surface area contributed by atoms with Gasteiger partial charge in [0.1, 0.15) is 53.3 Å².